The summed E-state index contributed by atoms with van der Waals surface area (Å²) in [5.74, 6) is -0.425. The van der Waals surface area contributed by atoms with Crippen molar-refractivity contribution in [3.05, 3.63) is 90.0 Å². The van der Waals surface area contributed by atoms with Crippen LogP contribution in [0.4, 0.5) is 18.9 Å². The number of benzene rings is 3. The Kier molecular flexibility index (Phi) is 7.72. The number of carbonyl (C=O) groups excluding carboxylic acids is 1. The molecule has 3 aromatic rings. The van der Waals surface area contributed by atoms with Crippen LogP contribution < -0.4 is 14.8 Å². The summed E-state index contributed by atoms with van der Waals surface area (Å²) < 4.78 is 70.9. The van der Waals surface area contributed by atoms with Crippen LogP contribution in [0.3, 0.4) is 0 Å². The van der Waals surface area contributed by atoms with Gasteiger partial charge < -0.3 is 10.1 Å². The van der Waals surface area contributed by atoms with Crippen molar-refractivity contribution in [3.8, 4) is 5.75 Å². The topological polar surface area (TPSA) is 84.5 Å². The summed E-state index contributed by atoms with van der Waals surface area (Å²) in [5.41, 5.74) is 0.115. The summed E-state index contributed by atoms with van der Waals surface area (Å²) in [7, 11) is -3.71. The predicted molar refractivity (Wildman–Crippen MR) is 117 cm³/mol. The van der Waals surface area contributed by atoms with Crippen molar-refractivity contribution in [2.75, 3.05) is 18.5 Å². The molecule has 0 heterocycles. The number of hydrogen-bond donors (Lipinski definition) is 2. The lowest BCUT2D eigenvalue weighted by atomic mass is 10.2. The lowest BCUT2D eigenvalue weighted by Crippen LogP contribution is -2.26. The van der Waals surface area contributed by atoms with Gasteiger partial charge in [0.2, 0.25) is 10.0 Å². The summed E-state index contributed by atoms with van der Waals surface area (Å²) in [5, 5.41) is 2.33. The molecule has 0 saturated carbocycles. The molecule has 2 N–H and O–H groups in total. The molecule has 10 heteroatoms. The maximum atomic E-state index is 12.8. The van der Waals surface area contributed by atoms with Crippen molar-refractivity contribution in [3.63, 3.8) is 0 Å². The largest absolute Gasteiger partial charge is 0.484 e. The highest BCUT2D eigenvalue weighted by Gasteiger charge is 2.30. The molecule has 0 aliphatic rings. The zero-order valence-corrected chi connectivity index (χ0v) is 18.1. The van der Waals surface area contributed by atoms with Crippen molar-refractivity contribution < 1.29 is 31.1 Å². The van der Waals surface area contributed by atoms with Crippen molar-refractivity contribution in [2.24, 2.45) is 0 Å². The van der Waals surface area contributed by atoms with Crippen LogP contribution in [0.1, 0.15) is 11.1 Å². The molecule has 3 rings (SSSR count). The first kappa shape index (κ1) is 24.3. The molecule has 0 bridgehead atoms. The van der Waals surface area contributed by atoms with E-state index in [0.717, 1.165) is 17.7 Å². The number of rotatable bonds is 9. The molecular weight excluding hydrogens is 457 g/mol. The first-order valence-electron chi connectivity index (χ1n) is 9.87. The van der Waals surface area contributed by atoms with Crippen LogP contribution in [-0.2, 0) is 27.4 Å². The highest BCUT2D eigenvalue weighted by molar-refractivity contribution is 7.89. The lowest BCUT2D eigenvalue weighted by molar-refractivity contribution is -0.137. The number of alkyl halides is 3. The lowest BCUT2D eigenvalue weighted by Gasteiger charge is -2.11. The minimum Gasteiger partial charge on any atom is -0.484 e. The van der Waals surface area contributed by atoms with Gasteiger partial charge in [0.05, 0.1) is 10.5 Å². The molecular formula is C23H21F3N2O4S. The first-order chi connectivity index (χ1) is 15.6. The number of nitrogens with one attached hydrogen (secondary N) is 2. The molecule has 33 heavy (non-hydrogen) atoms. The summed E-state index contributed by atoms with van der Waals surface area (Å²) in [6.07, 6.45) is -3.97. The van der Waals surface area contributed by atoms with Crippen molar-refractivity contribution in [1.82, 2.24) is 4.72 Å². The molecule has 0 fully saturated rings. The average molecular weight is 478 g/mol. The third kappa shape index (κ3) is 7.33. The van der Waals surface area contributed by atoms with E-state index < -0.39 is 34.3 Å². The second-order valence-electron chi connectivity index (χ2n) is 7.02. The van der Waals surface area contributed by atoms with Gasteiger partial charge in [-0.05, 0) is 54.4 Å². The normalized spacial score (nSPS) is 11.7. The molecule has 0 saturated heterocycles. The molecule has 6 nitrogen and oxygen atoms in total. The van der Waals surface area contributed by atoms with Gasteiger partial charge in [-0.1, -0.05) is 36.4 Å². The van der Waals surface area contributed by atoms with Gasteiger partial charge in [0.25, 0.3) is 5.91 Å². The van der Waals surface area contributed by atoms with E-state index in [1.807, 2.05) is 30.3 Å². The summed E-state index contributed by atoms with van der Waals surface area (Å²) in [4.78, 5) is 12.0. The second kappa shape index (κ2) is 10.5. The Morgan fingerprint density at radius 2 is 1.61 bits per heavy atom. The van der Waals surface area contributed by atoms with E-state index in [1.165, 1.54) is 36.4 Å². The van der Waals surface area contributed by atoms with E-state index in [1.54, 1.807) is 0 Å². The molecule has 0 aliphatic carbocycles. The molecule has 1 amide bonds. The number of amides is 1. The van der Waals surface area contributed by atoms with Crippen LogP contribution in [0, 0.1) is 0 Å². The van der Waals surface area contributed by atoms with Crippen molar-refractivity contribution in [1.29, 1.82) is 0 Å². The zero-order valence-electron chi connectivity index (χ0n) is 17.3. The van der Waals surface area contributed by atoms with E-state index in [9.17, 15) is 26.4 Å². The monoisotopic (exact) mass is 478 g/mol. The highest BCUT2D eigenvalue weighted by atomic mass is 32.2. The van der Waals surface area contributed by atoms with Crippen LogP contribution >= 0.6 is 0 Å². The molecule has 3 aromatic carbocycles. The van der Waals surface area contributed by atoms with Gasteiger partial charge in [0, 0.05) is 12.2 Å². The Morgan fingerprint density at radius 1 is 0.909 bits per heavy atom. The Balaban J connectivity index is 1.50. The van der Waals surface area contributed by atoms with Gasteiger partial charge in [-0.15, -0.1) is 0 Å². The van der Waals surface area contributed by atoms with Gasteiger partial charge in [-0.2, -0.15) is 13.2 Å². The Hall–Kier alpha value is -3.37. The van der Waals surface area contributed by atoms with E-state index in [4.69, 9.17) is 4.74 Å². The van der Waals surface area contributed by atoms with E-state index in [2.05, 4.69) is 10.0 Å². The van der Waals surface area contributed by atoms with Gasteiger partial charge >= 0.3 is 6.18 Å². The Labute approximate surface area is 189 Å². The fraction of sp³-hybridized carbons (Fsp3) is 0.174. The van der Waals surface area contributed by atoms with Crippen LogP contribution in [-0.4, -0.2) is 27.5 Å². The fourth-order valence-corrected chi connectivity index (χ4v) is 3.92. The molecule has 0 aliphatic heterocycles. The quantitative estimate of drug-likeness (QED) is 0.482. The van der Waals surface area contributed by atoms with E-state index in [-0.39, 0.29) is 22.9 Å². The van der Waals surface area contributed by atoms with E-state index in [0.29, 0.717) is 6.42 Å². The Bertz CT molecular complexity index is 1180. The molecule has 0 spiro atoms. The number of ether oxygens (including phenoxy) is 1. The molecule has 0 unspecified atom stereocenters. The number of sulfonamides is 1. The average Bonchev–Trinajstić information content (AvgIpc) is 2.78. The maximum Gasteiger partial charge on any atom is 0.416 e. The number of hydrogen-bond acceptors (Lipinski definition) is 4. The third-order valence-electron chi connectivity index (χ3n) is 4.53. The fourth-order valence-electron chi connectivity index (χ4n) is 2.89. The number of halogens is 3. The van der Waals surface area contributed by atoms with E-state index >= 15 is 0 Å². The minimum absolute atomic E-state index is 0.0126. The number of carbonyl (C=O) groups is 1. The smallest absolute Gasteiger partial charge is 0.416 e. The SMILES string of the molecule is O=C(COc1ccc(S(=O)(=O)NCCc2ccccc2)cc1)Nc1cccc(C(F)(F)F)c1. The van der Waals surface area contributed by atoms with Crippen LogP contribution in [0.25, 0.3) is 0 Å². The molecule has 0 atom stereocenters. The van der Waals surface area contributed by atoms with Gasteiger partial charge in [-0.3, -0.25) is 4.79 Å². The standard InChI is InChI=1S/C23H21F3N2O4S/c24-23(25,26)18-7-4-8-19(15-18)28-22(29)16-32-20-9-11-21(12-10-20)33(30,31)27-14-13-17-5-2-1-3-6-17/h1-12,15,27H,13-14,16H2,(H,28,29). The van der Waals surface area contributed by atoms with Crippen LogP contribution in [0.15, 0.2) is 83.8 Å². The van der Waals surface area contributed by atoms with Crippen LogP contribution in [0.5, 0.6) is 5.75 Å². The third-order valence-corrected chi connectivity index (χ3v) is 6.00. The molecule has 174 valence electrons. The second-order valence-corrected chi connectivity index (χ2v) is 8.79. The highest BCUT2D eigenvalue weighted by Crippen LogP contribution is 2.30. The summed E-state index contributed by atoms with van der Waals surface area (Å²) >= 11 is 0. The summed E-state index contributed by atoms with van der Waals surface area (Å²) in [6.45, 7) is -0.224. The van der Waals surface area contributed by atoms with Gasteiger partial charge in [-0.25, -0.2) is 13.1 Å². The Morgan fingerprint density at radius 3 is 2.27 bits per heavy atom. The van der Waals surface area contributed by atoms with Gasteiger partial charge in [0.1, 0.15) is 5.75 Å². The minimum atomic E-state index is -4.52. The maximum absolute atomic E-state index is 12.8. The van der Waals surface area contributed by atoms with Crippen LogP contribution in [0.2, 0.25) is 0 Å². The van der Waals surface area contributed by atoms with Crippen molar-refractivity contribution in [2.45, 2.75) is 17.5 Å². The predicted octanol–water partition coefficient (Wildman–Crippen LogP) is 4.24. The molecule has 0 radical (unpaired) electrons. The molecule has 0 aromatic heterocycles. The zero-order chi connectivity index (χ0) is 23.9. The first-order valence-corrected chi connectivity index (χ1v) is 11.4. The van der Waals surface area contributed by atoms with Gasteiger partial charge in [0.15, 0.2) is 6.61 Å². The number of anilines is 1. The van der Waals surface area contributed by atoms with Crippen molar-refractivity contribution >= 4 is 21.6 Å². The summed E-state index contributed by atoms with van der Waals surface area (Å²) in [6, 6.07) is 19.2.